The summed E-state index contributed by atoms with van der Waals surface area (Å²) in [6.07, 6.45) is 0. The molecule has 0 heterocycles. The maximum absolute atomic E-state index is 11.3. The van der Waals surface area contributed by atoms with Crippen molar-refractivity contribution in [3.8, 4) is 11.1 Å². The Morgan fingerprint density at radius 1 is 1.12 bits per heavy atom. The van der Waals surface area contributed by atoms with Crippen LogP contribution in [-0.4, -0.2) is 11.1 Å². The van der Waals surface area contributed by atoms with Crippen molar-refractivity contribution in [1.29, 1.82) is 0 Å². The number of carboxylic acids is 1. The number of aryl methyl sites for hydroxylation is 1. The fourth-order valence-corrected chi connectivity index (χ4v) is 1.99. The summed E-state index contributed by atoms with van der Waals surface area (Å²) in [6.45, 7) is 1.80. The van der Waals surface area contributed by atoms with Gasteiger partial charge in [0.2, 0.25) is 0 Å². The van der Waals surface area contributed by atoms with Gasteiger partial charge in [-0.3, -0.25) is 0 Å². The van der Waals surface area contributed by atoms with E-state index in [1.54, 1.807) is 13.0 Å². The van der Waals surface area contributed by atoms with Crippen LogP contribution in [0.5, 0.6) is 0 Å². The predicted octanol–water partition coefficient (Wildman–Crippen LogP) is 4.01. The molecule has 0 aliphatic heterocycles. The minimum absolute atomic E-state index is 0.165. The zero-order chi connectivity index (χ0) is 12.4. The summed E-state index contributed by atoms with van der Waals surface area (Å²) >= 11 is 6.06. The molecule has 0 unspecified atom stereocenters. The molecular formula is C14H11ClO2. The van der Waals surface area contributed by atoms with E-state index < -0.39 is 5.97 Å². The molecule has 86 valence electrons. The van der Waals surface area contributed by atoms with Gasteiger partial charge < -0.3 is 5.11 Å². The molecule has 0 bridgehead atoms. The molecule has 2 aromatic carbocycles. The van der Waals surface area contributed by atoms with Gasteiger partial charge in [-0.05, 0) is 23.6 Å². The van der Waals surface area contributed by atoms with E-state index in [9.17, 15) is 9.90 Å². The number of carbonyl (C=O) groups is 1. The van der Waals surface area contributed by atoms with Crippen LogP contribution in [0, 0.1) is 6.92 Å². The molecule has 0 fully saturated rings. The Morgan fingerprint density at radius 3 is 2.35 bits per heavy atom. The van der Waals surface area contributed by atoms with Gasteiger partial charge in [-0.25, -0.2) is 4.79 Å². The molecule has 0 aliphatic rings. The highest BCUT2D eigenvalue weighted by Gasteiger charge is 2.17. The molecule has 1 N–H and O–H groups in total. The van der Waals surface area contributed by atoms with E-state index in [0.29, 0.717) is 10.6 Å². The van der Waals surface area contributed by atoms with Crippen molar-refractivity contribution in [1.82, 2.24) is 0 Å². The van der Waals surface area contributed by atoms with Crippen molar-refractivity contribution in [2.45, 2.75) is 6.92 Å². The Balaban J connectivity index is 2.71. The molecule has 17 heavy (non-hydrogen) atoms. The van der Waals surface area contributed by atoms with E-state index in [1.165, 1.54) is 0 Å². The first-order valence-corrected chi connectivity index (χ1v) is 5.57. The quantitative estimate of drug-likeness (QED) is 0.869. The van der Waals surface area contributed by atoms with Gasteiger partial charge in [0.1, 0.15) is 0 Å². The van der Waals surface area contributed by atoms with Crippen LogP contribution in [-0.2, 0) is 0 Å². The maximum atomic E-state index is 11.3. The number of halogens is 1. The molecule has 0 aliphatic carbocycles. The first-order valence-electron chi connectivity index (χ1n) is 5.19. The molecular weight excluding hydrogens is 236 g/mol. The number of carboxylic acid groups (broad SMARTS) is 1. The van der Waals surface area contributed by atoms with Gasteiger partial charge in [0.05, 0.1) is 10.6 Å². The van der Waals surface area contributed by atoms with Crippen LogP contribution in [0.25, 0.3) is 11.1 Å². The molecule has 0 aromatic heterocycles. The van der Waals surface area contributed by atoms with E-state index in [1.807, 2.05) is 36.4 Å². The lowest BCUT2D eigenvalue weighted by Gasteiger charge is -2.10. The summed E-state index contributed by atoms with van der Waals surface area (Å²) in [5, 5.41) is 9.55. The van der Waals surface area contributed by atoms with Gasteiger partial charge in [0, 0.05) is 0 Å². The molecule has 2 aromatic rings. The molecule has 0 amide bonds. The lowest BCUT2D eigenvalue weighted by atomic mass is 9.98. The Morgan fingerprint density at radius 2 is 1.76 bits per heavy atom. The van der Waals surface area contributed by atoms with Crippen LogP contribution >= 0.6 is 11.6 Å². The van der Waals surface area contributed by atoms with E-state index in [0.717, 1.165) is 11.1 Å². The second-order valence-corrected chi connectivity index (χ2v) is 4.17. The van der Waals surface area contributed by atoms with Crippen molar-refractivity contribution in [2.75, 3.05) is 0 Å². The van der Waals surface area contributed by atoms with Crippen LogP contribution < -0.4 is 0 Å². The van der Waals surface area contributed by atoms with Gasteiger partial charge in [-0.1, -0.05) is 54.1 Å². The first kappa shape index (κ1) is 11.7. The van der Waals surface area contributed by atoms with Gasteiger partial charge in [-0.2, -0.15) is 0 Å². The fraction of sp³-hybridized carbons (Fsp3) is 0.0714. The zero-order valence-electron chi connectivity index (χ0n) is 9.27. The summed E-state index contributed by atoms with van der Waals surface area (Å²) < 4.78 is 0. The zero-order valence-corrected chi connectivity index (χ0v) is 10.0. The van der Waals surface area contributed by atoms with Gasteiger partial charge in [-0.15, -0.1) is 0 Å². The maximum Gasteiger partial charge on any atom is 0.337 e. The lowest BCUT2D eigenvalue weighted by Crippen LogP contribution is -2.02. The average Bonchev–Trinajstić information content (AvgIpc) is 2.33. The Labute approximate surface area is 104 Å². The highest BCUT2D eigenvalue weighted by molar-refractivity contribution is 6.35. The fourth-order valence-electron chi connectivity index (χ4n) is 1.75. The van der Waals surface area contributed by atoms with E-state index in [4.69, 9.17) is 11.6 Å². The smallest absolute Gasteiger partial charge is 0.337 e. The van der Waals surface area contributed by atoms with Crippen LogP contribution in [0.1, 0.15) is 15.9 Å². The topological polar surface area (TPSA) is 37.3 Å². The third-order valence-electron chi connectivity index (χ3n) is 2.63. The highest BCUT2D eigenvalue weighted by atomic mass is 35.5. The van der Waals surface area contributed by atoms with Gasteiger partial charge in [0.25, 0.3) is 0 Å². The summed E-state index contributed by atoms with van der Waals surface area (Å²) in [5.74, 6) is -1.00. The molecule has 2 nitrogen and oxygen atoms in total. The average molecular weight is 247 g/mol. The number of hydrogen-bond donors (Lipinski definition) is 1. The van der Waals surface area contributed by atoms with Crippen molar-refractivity contribution in [3.05, 3.63) is 58.6 Å². The second-order valence-electron chi connectivity index (χ2n) is 3.79. The van der Waals surface area contributed by atoms with E-state index in [-0.39, 0.29) is 5.56 Å². The molecule has 0 atom stereocenters. The minimum Gasteiger partial charge on any atom is -0.478 e. The Hall–Kier alpha value is -1.80. The normalized spacial score (nSPS) is 10.2. The Kier molecular flexibility index (Phi) is 3.16. The number of hydrogen-bond acceptors (Lipinski definition) is 1. The SMILES string of the molecule is Cc1ccc(-c2ccccc2)c(C(=O)O)c1Cl. The van der Waals surface area contributed by atoms with Crippen LogP contribution in [0.15, 0.2) is 42.5 Å². The van der Waals surface area contributed by atoms with Crippen molar-refractivity contribution < 1.29 is 9.90 Å². The first-order chi connectivity index (χ1) is 8.11. The summed E-state index contributed by atoms with van der Waals surface area (Å²) in [7, 11) is 0. The number of aromatic carboxylic acids is 1. The standard InChI is InChI=1S/C14H11ClO2/c1-9-7-8-11(10-5-3-2-4-6-10)12(13(9)15)14(16)17/h2-8H,1H3,(H,16,17). The van der Waals surface area contributed by atoms with Crippen molar-refractivity contribution in [3.63, 3.8) is 0 Å². The Bertz CT molecular complexity index is 562. The monoisotopic (exact) mass is 246 g/mol. The van der Waals surface area contributed by atoms with Crippen LogP contribution in [0.3, 0.4) is 0 Å². The number of rotatable bonds is 2. The molecule has 0 saturated heterocycles. The number of benzene rings is 2. The summed E-state index contributed by atoms with van der Waals surface area (Å²) in [4.78, 5) is 11.3. The predicted molar refractivity (Wildman–Crippen MR) is 68.6 cm³/mol. The molecule has 2 rings (SSSR count). The molecule has 3 heteroatoms. The second kappa shape index (κ2) is 4.60. The van der Waals surface area contributed by atoms with E-state index in [2.05, 4.69) is 0 Å². The van der Waals surface area contributed by atoms with Crippen LogP contribution in [0.4, 0.5) is 0 Å². The van der Waals surface area contributed by atoms with Gasteiger partial charge in [0.15, 0.2) is 0 Å². The largest absolute Gasteiger partial charge is 0.478 e. The molecule has 0 saturated carbocycles. The van der Waals surface area contributed by atoms with E-state index >= 15 is 0 Å². The third kappa shape index (κ3) is 2.17. The van der Waals surface area contributed by atoms with Gasteiger partial charge >= 0.3 is 5.97 Å². The van der Waals surface area contributed by atoms with Crippen LogP contribution in [0.2, 0.25) is 5.02 Å². The minimum atomic E-state index is -1.00. The highest BCUT2D eigenvalue weighted by Crippen LogP contribution is 2.31. The third-order valence-corrected chi connectivity index (χ3v) is 3.12. The van der Waals surface area contributed by atoms with Crippen molar-refractivity contribution in [2.24, 2.45) is 0 Å². The molecule has 0 spiro atoms. The summed E-state index contributed by atoms with van der Waals surface area (Å²) in [6, 6.07) is 13.0. The molecule has 0 radical (unpaired) electrons. The summed E-state index contributed by atoms with van der Waals surface area (Å²) in [5.41, 5.74) is 2.43. The lowest BCUT2D eigenvalue weighted by molar-refractivity contribution is 0.0698. The van der Waals surface area contributed by atoms with Crippen molar-refractivity contribution >= 4 is 17.6 Å².